The zero-order valence-electron chi connectivity index (χ0n) is 20.8. The fourth-order valence-electron chi connectivity index (χ4n) is 5.97. The number of rotatable bonds is 3. The van der Waals surface area contributed by atoms with Gasteiger partial charge in [0.15, 0.2) is 0 Å². The van der Waals surface area contributed by atoms with Gasteiger partial charge in [0.05, 0.1) is 0 Å². The van der Waals surface area contributed by atoms with Gasteiger partial charge in [-0.3, -0.25) is 0 Å². The number of hydrogen-bond donors (Lipinski definition) is 0. The number of allylic oxidation sites excluding steroid dienone is 2. The molecule has 0 fully saturated rings. The first-order valence-corrected chi connectivity index (χ1v) is 34.0. The van der Waals surface area contributed by atoms with Crippen LogP contribution < -0.4 is 0 Å². The van der Waals surface area contributed by atoms with E-state index in [0.717, 1.165) is 0 Å². The van der Waals surface area contributed by atoms with Gasteiger partial charge in [0.2, 0.25) is 0 Å². The summed E-state index contributed by atoms with van der Waals surface area (Å²) in [4.78, 5) is 0. The molecule has 0 saturated heterocycles. The van der Waals surface area contributed by atoms with Crippen LogP contribution in [0.3, 0.4) is 0 Å². The monoisotopic (exact) mass is 651 g/mol. The molecule has 171 valence electrons. The molecule has 0 radical (unpaired) electrons. The van der Waals surface area contributed by atoms with Crippen molar-refractivity contribution in [3.05, 3.63) is 81.9 Å². The van der Waals surface area contributed by atoms with Gasteiger partial charge in [-0.15, -0.1) is 0 Å². The second-order valence-electron chi connectivity index (χ2n) is 12.2. The molecule has 0 aromatic heterocycles. The van der Waals surface area contributed by atoms with Crippen LogP contribution in [0.15, 0.2) is 59.7 Å². The minimum atomic E-state index is -4.76. The molecule has 0 heterocycles. The van der Waals surface area contributed by atoms with Crippen molar-refractivity contribution in [3.8, 4) is 0 Å². The molecule has 2 aliphatic rings. The molecular weight excluding hydrogens is 614 g/mol. The minimum absolute atomic E-state index is 0.0119. The number of hydrogen-bond acceptors (Lipinski definition) is 0. The average Bonchev–Trinajstić information content (AvgIpc) is 3.28. The third-order valence-corrected chi connectivity index (χ3v) is 80.2. The van der Waals surface area contributed by atoms with E-state index in [2.05, 4.69) is 115 Å². The summed E-state index contributed by atoms with van der Waals surface area (Å²) in [6.07, 6.45) is 4.83. The molecule has 0 bridgehead atoms. The van der Waals surface area contributed by atoms with Crippen LogP contribution in [-0.4, -0.2) is 5.98 Å². The second-order valence-corrected chi connectivity index (χ2v) is 71.5. The molecule has 32 heavy (non-hydrogen) atoms. The Hall–Kier alpha value is -0.413. The summed E-state index contributed by atoms with van der Waals surface area (Å²) < 4.78 is 0.334. The summed E-state index contributed by atoms with van der Waals surface area (Å²) in [5, 5.41) is 0. The van der Waals surface area contributed by atoms with Crippen molar-refractivity contribution < 1.29 is 15.3 Å². The summed E-state index contributed by atoms with van der Waals surface area (Å²) in [5.74, 6) is -1.49. The van der Waals surface area contributed by atoms with E-state index in [0.29, 0.717) is 0 Å². The summed E-state index contributed by atoms with van der Waals surface area (Å²) >= 11 is -4.76. The molecule has 0 N–H and O–H groups in total. The van der Waals surface area contributed by atoms with Crippen molar-refractivity contribution in [2.75, 3.05) is 0 Å². The van der Waals surface area contributed by atoms with E-state index in [4.69, 9.17) is 17.2 Å². The number of fused-ring (bicyclic) bond motifs is 2. The van der Waals surface area contributed by atoms with Crippen molar-refractivity contribution in [1.29, 1.82) is 0 Å². The molecule has 0 spiro atoms. The van der Waals surface area contributed by atoms with Gasteiger partial charge in [-0.1, -0.05) is 0 Å². The van der Waals surface area contributed by atoms with Crippen molar-refractivity contribution in [3.63, 3.8) is 0 Å². The van der Waals surface area contributed by atoms with Crippen LogP contribution in [0.1, 0.15) is 71.1 Å². The van der Waals surface area contributed by atoms with Crippen LogP contribution in [0, 0.1) is 10.8 Å². The normalized spacial score (nSPS) is 22.2. The number of halogens is 2. The van der Waals surface area contributed by atoms with Gasteiger partial charge in [-0.25, -0.2) is 0 Å². The second kappa shape index (κ2) is 7.80. The first-order chi connectivity index (χ1) is 14.7. The van der Waals surface area contributed by atoms with Gasteiger partial charge in [-0.2, -0.15) is 0 Å². The van der Waals surface area contributed by atoms with Crippen molar-refractivity contribution in [2.45, 2.75) is 62.0 Å². The summed E-state index contributed by atoms with van der Waals surface area (Å²) in [6, 6.07) is 17.7. The van der Waals surface area contributed by atoms with Gasteiger partial charge in [0.25, 0.3) is 0 Å². The van der Waals surface area contributed by atoms with Crippen LogP contribution in [0.2, 0.25) is 13.1 Å². The van der Waals surface area contributed by atoms with Gasteiger partial charge in [0.1, 0.15) is 0 Å². The quantitative estimate of drug-likeness (QED) is 0.291. The fraction of sp³-hybridized carbons (Fsp3) is 0.429. The third kappa shape index (κ3) is 3.63. The van der Waals surface area contributed by atoms with E-state index in [1.165, 1.54) is 33.4 Å². The molecular formula is C28H37Cl2HfSi. The van der Waals surface area contributed by atoms with E-state index in [1.807, 2.05) is 0 Å². The Balaban J connectivity index is 2.07. The van der Waals surface area contributed by atoms with Crippen LogP contribution in [0.4, 0.5) is 0 Å². The molecule has 0 aliphatic heterocycles. The van der Waals surface area contributed by atoms with E-state index >= 15 is 0 Å². The Labute approximate surface area is 204 Å². The van der Waals surface area contributed by atoms with E-state index in [-0.39, 0.29) is 18.2 Å². The fourth-order valence-corrected chi connectivity index (χ4v) is 50.6. The molecule has 4 heteroatoms. The van der Waals surface area contributed by atoms with Gasteiger partial charge in [-0.05, 0) is 0 Å². The standard InChI is InChI=1S/2C13H15.C2H7Si.2ClH.Hf/c2*1-13(2,3)12-8-10-6-4-5-7-11(10)9-12;1-3-2;;;/h2*4-9H,1-3H3;3H,1-2H3;2*1H;/q;;;;;+2/p-2. The summed E-state index contributed by atoms with van der Waals surface area (Å²) in [7, 11) is 16.7. The van der Waals surface area contributed by atoms with Gasteiger partial charge in [0, 0.05) is 0 Å². The van der Waals surface area contributed by atoms with Crippen LogP contribution in [-0.2, 0) is 15.3 Å². The average molecular weight is 651 g/mol. The van der Waals surface area contributed by atoms with Gasteiger partial charge >= 0.3 is 205 Å². The van der Waals surface area contributed by atoms with Crippen molar-refractivity contribution in [2.24, 2.45) is 10.8 Å². The predicted octanol–water partition coefficient (Wildman–Crippen LogP) is 9.34. The molecule has 0 nitrogen and oxygen atoms in total. The summed E-state index contributed by atoms with van der Waals surface area (Å²) in [5.41, 5.74) is 8.28. The van der Waals surface area contributed by atoms with Gasteiger partial charge < -0.3 is 0 Å². The van der Waals surface area contributed by atoms with Crippen LogP contribution >= 0.6 is 17.2 Å². The maximum absolute atomic E-state index is 8.36. The van der Waals surface area contributed by atoms with E-state index in [1.54, 1.807) is 0 Å². The zero-order chi connectivity index (χ0) is 23.7. The molecule has 0 saturated carbocycles. The topological polar surface area (TPSA) is 0 Å². The van der Waals surface area contributed by atoms with E-state index < -0.39 is 21.3 Å². The Bertz CT molecular complexity index is 1050. The molecule has 2 aliphatic carbocycles. The van der Waals surface area contributed by atoms with Crippen molar-refractivity contribution >= 4 is 35.3 Å². The van der Waals surface area contributed by atoms with Crippen LogP contribution in [0.5, 0.6) is 0 Å². The SMILES string of the molecule is C[SiH](C)[Hf]([Cl])([Cl])([CH]1C(C(C)(C)C)=Cc2ccccc21)[CH]1C(C(C)(C)C)=Cc2ccccc21. The molecule has 0 amide bonds. The van der Waals surface area contributed by atoms with E-state index in [9.17, 15) is 0 Å². The zero-order valence-corrected chi connectivity index (χ0v) is 27.0. The van der Waals surface area contributed by atoms with Crippen molar-refractivity contribution in [1.82, 2.24) is 0 Å². The molecule has 2 aromatic rings. The summed E-state index contributed by atoms with van der Waals surface area (Å²) in [6.45, 7) is 18.8. The molecule has 2 aromatic carbocycles. The Kier molecular flexibility index (Phi) is 6.02. The van der Waals surface area contributed by atoms with Crippen LogP contribution in [0.25, 0.3) is 12.2 Å². The number of benzene rings is 2. The third-order valence-electron chi connectivity index (χ3n) is 7.80. The Morgan fingerprint density at radius 2 is 1.00 bits per heavy atom. The first-order valence-electron chi connectivity index (χ1n) is 11.9. The molecule has 2 unspecified atom stereocenters. The maximum atomic E-state index is 8.36. The molecule has 4 rings (SSSR count). The Morgan fingerprint density at radius 1 is 0.656 bits per heavy atom. The molecule has 2 atom stereocenters. The Morgan fingerprint density at radius 3 is 1.31 bits per heavy atom. The first kappa shape index (κ1) is 24.7. The predicted molar refractivity (Wildman–Crippen MR) is 144 cm³/mol.